The van der Waals surface area contributed by atoms with E-state index in [0.717, 1.165) is 18.9 Å². The van der Waals surface area contributed by atoms with E-state index < -0.39 is 21.3 Å². The molecular weight excluding hydrogens is 301 g/mol. The molecule has 0 fully saturated rings. The SMILES string of the molecule is CO[SiH](OC)OC(C)CCCc1cccc(C(F)(F)F)c1. The van der Waals surface area contributed by atoms with Crippen LogP contribution in [0.5, 0.6) is 0 Å². The van der Waals surface area contributed by atoms with Gasteiger partial charge in [0.15, 0.2) is 0 Å². The van der Waals surface area contributed by atoms with Crippen LogP contribution in [0.1, 0.15) is 30.9 Å². The molecule has 1 aromatic carbocycles. The normalized spacial score (nSPS) is 13.7. The minimum atomic E-state index is -4.29. The number of hydrogen-bond acceptors (Lipinski definition) is 3. The zero-order valence-corrected chi connectivity index (χ0v) is 13.6. The van der Waals surface area contributed by atoms with Crippen molar-refractivity contribution in [3.05, 3.63) is 35.4 Å². The highest BCUT2D eigenvalue weighted by Gasteiger charge is 2.30. The lowest BCUT2D eigenvalue weighted by molar-refractivity contribution is -0.137. The van der Waals surface area contributed by atoms with Gasteiger partial charge in [-0.05, 0) is 37.8 Å². The molecule has 0 aliphatic rings. The molecular formula is C14H21F3O3Si. The minimum Gasteiger partial charge on any atom is -0.379 e. The molecule has 0 aliphatic carbocycles. The predicted molar refractivity (Wildman–Crippen MR) is 76.1 cm³/mol. The highest BCUT2D eigenvalue weighted by atomic mass is 28.3. The minimum absolute atomic E-state index is 0.0348. The summed E-state index contributed by atoms with van der Waals surface area (Å²) in [5.41, 5.74) is 0.0832. The molecule has 21 heavy (non-hydrogen) atoms. The monoisotopic (exact) mass is 322 g/mol. The van der Waals surface area contributed by atoms with Crippen LogP contribution in [0.3, 0.4) is 0 Å². The van der Waals surface area contributed by atoms with E-state index in [2.05, 4.69) is 0 Å². The van der Waals surface area contributed by atoms with Crippen molar-refractivity contribution in [1.82, 2.24) is 0 Å². The molecule has 0 saturated heterocycles. The van der Waals surface area contributed by atoms with Gasteiger partial charge in [0.05, 0.1) is 5.56 Å². The summed E-state index contributed by atoms with van der Waals surface area (Å²) in [5.74, 6) is 0. The van der Waals surface area contributed by atoms with Crippen molar-refractivity contribution in [3.63, 3.8) is 0 Å². The molecule has 1 atom stereocenters. The van der Waals surface area contributed by atoms with Crippen molar-refractivity contribution in [3.8, 4) is 0 Å². The molecule has 0 aliphatic heterocycles. The lowest BCUT2D eigenvalue weighted by Gasteiger charge is -2.18. The van der Waals surface area contributed by atoms with Crippen molar-refractivity contribution >= 4 is 9.53 Å². The van der Waals surface area contributed by atoms with Gasteiger partial charge < -0.3 is 13.3 Å². The average Bonchev–Trinajstić information content (AvgIpc) is 2.44. The lowest BCUT2D eigenvalue weighted by Crippen LogP contribution is -2.28. The lowest BCUT2D eigenvalue weighted by atomic mass is 10.0. The van der Waals surface area contributed by atoms with Crippen LogP contribution in [0.25, 0.3) is 0 Å². The third kappa shape index (κ3) is 6.60. The fraction of sp³-hybridized carbons (Fsp3) is 0.571. The Morgan fingerprint density at radius 1 is 1.19 bits per heavy atom. The summed E-state index contributed by atoms with van der Waals surface area (Å²) >= 11 is 0. The molecule has 1 aromatic rings. The van der Waals surface area contributed by atoms with E-state index in [1.165, 1.54) is 26.4 Å². The standard InChI is InChI=1S/C14H21F3O3Si/c1-11(20-21(18-2)19-3)6-4-7-12-8-5-9-13(10-12)14(15,16)17/h5,8-11,21H,4,6-7H2,1-3H3. The van der Waals surface area contributed by atoms with Crippen LogP contribution >= 0.6 is 0 Å². The van der Waals surface area contributed by atoms with Gasteiger partial charge >= 0.3 is 15.7 Å². The fourth-order valence-corrected chi connectivity index (χ4v) is 2.89. The van der Waals surface area contributed by atoms with E-state index in [9.17, 15) is 13.2 Å². The van der Waals surface area contributed by atoms with Gasteiger partial charge in [-0.3, -0.25) is 0 Å². The molecule has 7 heteroatoms. The Bertz CT molecular complexity index is 422. The summed E-state index contributed by atoms with van der Waals surface area (Å²) in [6.45, 7) is 1.91. The Morgan fingerprint density at radius 3 is 2.43 bits per heavy atom. The first-order valence-electron chi connectivity index (χ1n) is 6.74. The highest BCUT2D eigenvalue weighted by Crippen LogP contribution is 2.29. The van der Waals surface area contributed by atoms with Gasteiger partial charge in [0.2, 0.25) is 0 Å². The zero-order valence-electron chi connectivity index (χ0n) is 12.4. The smallest absolute Gasteiger partial charge is 0.379 e. The van der Waals surface area contributed by atoms with Crippen molar-refractivity contribution in [2.24, 2.45) is 0 Å². The summed E-state index contributed by atoms with van der Waals surface area (Å²) < 4.78 is 53.5. The molecule has 3 nitrogen and oxygen atoms in total. The van der Waals surface area contributed by atoms with Gasteiger partial charge in [0, 0.05) is 20.3 Å². The van der Waals surface area contributed by atoms with Crippen molar-refractivity contribution in [2.45, 2.75) is 38.5 Å². The van der Waals surface area contributed by atoms with Crippen LogP contribution in [0, 0.1) is 0 Å². The van der Waals surface area contributed by atoms with Gasteiger partial charge in [0.25, 0.3) is 0 Å². The number of hydrogen-bond donors (Lipinski definition) is 0. The van der Waals surface area contributed by atoms with E-state index in [-0.39, 0.29) is 6.10 Å². The summed E-state index contributed by atoms with van der Waals surface area (Å²) in [6.07, 6.45) is -2.25. The maximum absolute atomic E-state index is 12.6. The molecule has 0 bridgehead atoms. The van der Waals surface area contributed by atoms with Gasteiger partial charge in [-0.15, -0.1) is 0 Å². The molecule has 0 N–H and O–H groups in total. The quantitative estimate of drug-likeness (QED) is 0.686. The molecule has 0 spiro atoms. The van der Waals surface area contributed by atoms with Crippen LogP contribution in [0.2, 0.25) is 0 Å². The molecule has 1 unspecified atom stereocenters. The molecule has 0 saturated carbocycles. The van der Waals surface area contributed by atoms with Gasteiger partial charge in [-0.2, -0.15) is 13.2 Å². The maximum Gasteiger partial charge on any atom is 0.483 e. The van der Waals surface area contributed by atoms with Crippen LogP contribution in [-0.2, 0) is 25.9 Å². The third-order valence-electron chi connectivity index (χ3n) is 3.06. The number of halogens is 3. The molecule has 120 valence electrons. The van der Waals surface area contributed by atoms with Crippen molar-refractivity contribution in [2.75, 3.05) is 14.2 Å². The largest absolute Gasteiger partial charge is 0.483 e. The Hall–Kier alpha value is -0.893. The maximum atomic E-state index is 12.6. The number of aryl methyl sites for hydroxylation is 1. The topological polar surface area (TPSA) is 27.7 Å². The highest BCUT2D eigenvalue weighted by molar-refractivity contribution is 6.36. The summed E-state index contributed by atoms with van der Waals surface area (Å²) in [4.78, 5) is 0. The molecule has 0 aromatic heterocycles. The van der Waals surface area contributed by atoms with E-state index >= 15 is 0 Å². The summed E-state index contributed by atoms with van der Waals surface area (Å²) in [6, 6.07) is 5.44. The van der Waals surface area contributed by atoms with Gasteiger partial charge in [-0.1, -0.05) is 18.2 Å². The van der Waals surface area contributed by atoms with E-state index in [1.807, 2.05) is 6.92 Å². The molecule has 0 heterocycles. The predicted octanol–water partition coefficient (Wildman–Crippen LogP) is 3.44. The number of alkyl halides is 3. The number of rotatable bonds is 8. The van der Waals surface area contributed by atoms with Crippen molar-refractivity contribution in [1.29, 1.82) is 0 Å². The number of benzene rings is 1. The first kappa shape index (κ1) is 18.2. The second-order valence-corrected chi connectivity index (χ2v) is 6.59. The summed E-state index contributed by atoms with van der Waals surface area (Å²) in [5, 5.41) is 0. The Kier molecular flexibility index (Phi) is 7.37. The first-order valence-corrected chi connectivity index (χ1v) is 8.15. The van der Waals surface area contributed by atoms with Crippen molar-refractivity contribution < 1.29 is 26.4 Å². The zero-order chi connectivity index (χ0) is 15.9. The molecule has 0 radical (unpaired) electrons. The Morgan fingerprint density at radius 2 is 1.86 bits per heavy atom. The van der Waals surface area contributed by atoms with Crippen LogP contribution in [0.4, 0.5) is 13.2 Å². The molecule has 0 amide bonds. The van der Waals surface area contributed by atoms with Crippen LogP contribution in [0.15, 0.2) is 24.3 Å². The second kappa shape index (κ2) is 8.53. The fourth-order valence-electron chi connectivity index (χ4n) is 1.96. The van der Waals surface area contributed by atoms with Gasteiger partial charge in [0.1, 0.15) is 0 Å². The van der Waals surface area contributed by atoms with E-state index in [4.69, 9.17) is 13.3 Å². The Balaban J connectivity index is 2.42. The average molecular weight is 322 g/mol. The van der Waals surface area contributed by atoms with Crippen LogP contribution < -0.4 is 0 Å². The van der Waals surface area contributed by atoms with E-state index in [1.54, 1.807) is 6.07 Å². The molecule has 1 rings (SSSR count). The summed E-state index contributed by atoms with van der Waals surface area (Å²) in [7, 11) is 1.03. The second-order valence-electron chi connectivity index (χ2n) is 4.80. The van der Waals surface area contributed by atoms with Crippen LogP contribution in [-0.4, -0.2) is 29.9 Å². The van der Waals surface area contributed by atoms with Gasteiger partial charge in [-0.25, -0.2) is 0 Å². The Labute approximate surface area is 125 Å². The first-order chi connectivity index (χ1) is 9.86. The third-order valence-corrected chi connectivity index (χ3v) is 4.52. The van der Waals surface area contributed by atoms with E-state index in [0.29, 0.717) is 12.0 Å².